The number of hydrogen-bond acceptors (Lipinski definition) is 4. The normalized spacial score (nSPS) is 15.6. The van der Waals surface area contributed by atoms with Gasteiger partial charge in [-0.3, -0.25) is 4.79 Å². The molecule has 3 rings (SSSR count). The molecular weight excluding hydrogens is 373 g/mol. The molecule has 0 bridgehead atoms. The van der Waals surface area contributed by atoms with Crippen LogP contribution in [0.15, 0.2) is 30.3 Å². The Morgan fingerprint density at radius 1 is 1.21 bits per heavy atom. The number of aliphatic hydroxyl groups excluding tert-OH is 1. The Balaban J connectivity index is 1.88. The molecule has 1 amide bonds. The fourth-order valence-corrected chi connectivity index (χ4v) is 3.16. The average molecular weight is 394 g/mol. The van der Waals surface area contributed by atoms with E-state index in [2.05, 4.69) is 4.98 Å². The third-order valence-electron chi connectivity index (χ3n) is 4.72. The highest BCUT2D eigenvalue weighted by atomic mass is 19.4. The molecule has 1 aliphatic rings. The number of aryl methyl sites for hydroxylation is 1. The van der Waals surface area contributed by atoms with Crippen molar-refractivity contribution in [1.82, 2.24) is 9.88 Å². The van der Waals surface area contributed by atoms with Gasteiger partial charge in [0.2, 0.25) is 5.91 Å². The summed E-state index contributed by atoms with van der Waals surface area (Å²) in [4.78, 5) is 17.5. The molecule has 1 N–H and O–H groups in total. The summed E-state index contributed by atoms with van der Waals surface area (Å²) < 4.78 is 44.7. The quantitative estimate of drug-likeness (QED) is 0.864. The number of rotatable bonds is 4. The summed E-state index contributed by atoms with van der Waals surface area (Å²) in [6.07, 6.45) is -4.23. The highest BCUT2D eigenvalue weighted by molar-refractivity contribution is 5.76. The van der Waals surface area contributed by atoms with Crippen LogP contribution in [0.2, 0.25) is 0 Å². The summed E-state index contributed by atoms with van der Waals surface area (Å²) in [5, 5.41) is 9.60. The predicted octanol–water partition coefficient (Wildman–Crippen LogP) is 3.32. The molecule has 0 spiro atoms. The lowest BCUT2D eigenvalue weighted by Crippen LogP contribution is -2.31. The van der Waals surface area contributed by atoms with Crippen LogP contribution in [0.5, 0.6) is 0 Å². The van der Waals surface area contributed by atoms with Gasteiger partial charge < -0.3 is 14.7 Å². The standard InChI is InChI=1S/C20H21F3N2O3/c1-13-10-17(20(21,22)23)24-19(16(13)12-26)15-4-2-14(3-5-15)11-25-7-9-28-8-6-18(25)27/h2-5,10,26H,6-9,11-12H2,1H3. The van der Waals surface area contributed by atoms with Gasteiger partial charge in [0.05, 0.1) is 31.9 Å². The molecule has 150 valence electrons. The zero-order chi connectivity index (χ0) is 20.3. The number of carbonyl (C=O) groups is 1. The SMILES string of the molecule is Cc1cc(C(F)(F)F)nc(-c2ccc(CN3CCOCCC3=O)cc2)c1CO. The van der Waals surface area contributed by atoms with E-state index in [1.54, 1.807) is 29.2 Å². The van der Waals surface area contributed by atoms with Crippen LogP contribution in [0.25, 0.3) is 11.3 Å². The van der Waals surface area contributed by atoms with Crippen LogP contribution in [0.3, 0.4) is 0 Å². The van der Waals surface area contributed by atoms with Gasteiger partial charge in [-0.05, 0) is 24.1 Å². The van der Waals surface area contributed by atoms with Crippen molar-refractivity contribution in [2.45, 2.75) is 32.7 Å². The second-order valence-electron chi connectivity index (χ2n) is 6.68. The maximum Gasteiger partial charge on any atom is 0.433 e. The van der Waals surface area contributed by atoms with E-state index < -0.39 is 18.5 Å². The van der Waals surface area contributed by atoms with E-state index >= 15 is 0 Å². The van der Waals surface area contributed by atoms with E-state index in [4.69, 9.17) is 4.74 Å². The first-order chi connectivity index (χ1) is 13.3. The first kappa shape index (κ1) is 20.3. The number of pyridine rings is 1. The number of halogens is 3. The van der Waals surface area contributed by atoms with Gasteiger partial charge in [-0.1, -0.05) is 24.3 Å². The maximum absolute atomic E-state index is 13.1. The molecule has 1 aromatic heterocycles. The maximum atomic E-state index is 13.1. The van der Waals surface area contributed by atoms with E-state index in [0.717, 1.165) is 11.6 Å². The second kappa shape index (κ2) is 8.28. The highest BCUT2D eigenvalue weighted by Gasteiger charge is 2.33. The largest absolute Gasteiger partial charge is 0.433 e. The molecule has 8 heteroatoms. The molecule has 0 aliphatic carbocycles. The number of ether oxygens (including phenoxy) is 1. The Morgan fingerprint density at radius 3 is 2.57 bits per heavy atom. The van der Waals surface area contributed by atoms with Gasteiger partial charge in [-0.15, -0.1) is 0 Å². The zero-order valence-electron chi connectivity index (χ0n) is 15.4. The van der Waals surface area contributed by atoms with E-state index in [0.29, 0.717) is 49.4 Å². The lowest BCUT2D eigenvalue weighted by molar-refractivity contribution is -0.141. The summed E-state index contributed by atoms with van der Waals surface area (Å²) in [6, 6.07) is 7.78. The summed E-state index contributed by atoms with van der Waals surface area (Å²) in [5.41, 5.74) is 1.15. The van der Waals surface area contributed by atoms with Gasteiger partial charge in [0.1, 0.15) is 5.69 Å². The Morgan fingerprint density at radius 2 is 1.93 bits per heavy atom. The second-order valence-corrected chi connectivity index (χ2v) is 6.68. The monoisotopic (exact) mass is 394 g/mol. The van der Waals surface area contributed by atoms with Crippen LogP contribution in [-0.4, -0.2) is 40.7 Å². The molecule has 2 heterocycles. The average Bonchev–Trinajstić information content (AvgIpc) is 2.85. The number of nitrogens with zero attached hydrogens (tertiary/aromatic N) is 2. The van der Waals surface area contributed by atoms with Crippen molar-refractivity contribution in [3.8, 4) is 11.3 Å². The molecular formula is C20H21F3N2O3. The topological polar surface area (TPSA) is 62.7 Å². The minimum atomic E-state index is -4.57. The molecule has 1 aliphatic heterocycles. The van der Waals surface area contributed by atoms with Crippen molar-refractivity contribution in [3.05, 3.63) is 52.7 Å². The fraction of sp³-hybridized carbons (Fsp3) is 0.400. The molecule has 1 saturated heterocycles. The lowest BCUT2D eigenvalue weighted by Gasteiger charge is -2.20. The Bertz CT molecular complexity index is 851. The molecule has 0 radical (unpaired) electrons. The molecule has 0 saturated carbocycles. The van der Waals surface area contributed by atoms with Crippen LogP contribution in [0.1, 0.15) is 28.8 Å². The lowest BCUT2D eigenvalue weighted by atomic mass is 10.00. The molecule has 1 aromatic carbocycles. The fourth-order valence-electron chi connectivity index (χ4n) is 3.16. The van der Waals surface area contributed by atoms with E-state index in [-0.39, 0.29) is 11.6 Å². The number of amides is 1. The smallest absolute Gasteiger partial charge is 0.392 e. The van der Waals surface area contributed by atoms with Crippen molar-refractivity contribution in [2.24, 2.45) is 0 Å². The predicted molar refractivity (Wildman–Crippen MR) is 96.2 cm³/mol. The van der Waals surface area contributed by atoms with Crippen LogP contribution in [-0.2, 0) is 28.9 Å². The van der Waals surface area contributed by atoms with Crippen molar-refractivity contribution in [2.75, 3.05) is 19.8 Å². The third kappa shape index (κ3) is 4.51. The van der Waals surface area contributed by atoms with Crippen LogP contribution in [0, 0.1) is 6.92 Å². The van der Waals surface area contributed by atoms with Crippen LogP contribution >= 0.6 is 0 Å². The first-order valence-electron chi connectivity index (χ1n) is 8.93. The number of hydrogen-bond donors (Lipinski definition) is 1. The third-order valence-corrected chi connectivity index (χ3v) is 4.72. The minimum Gasteiger partial charge on any atom is -0.392 e. The molecule has 28 heavy (non-hydrogen) atoms. The highest BCUT2D eigenvalue weighted by Crippen LogP contribution is 2.33. The summed E-state index contributed by atoms with van der Waals surface area (Å²) in [6.45, 7) is 2.92. The number of benzene rings is 1. The summed E-state index contributed by atoms with van der Waals surface area (Å²) >= 11 is 0. The van der Waals surface area contributed by atoms with Crippen molar-refractivity contribution >= 4 is 5.91 Å². The summed E-state index contributed by atoms with van der Waals surface area (Å²) in [5.74, 6) is 0.0133. The van der Waals surface area contributed by atoms with E-state index in [1.165, 1.54) is 6.92 Å². The Kier molecular flexibility index (Phi) is 6.00. The number of carbonyl (C=O) groups excluding carboxylic acids is 1. The van der Waals surface area contributed by atoms with Gasteiger partial charge >= 0.3 is 6.18 Å². The van der Waals surface area contributed by atoms with E-state index in [1.807, 2.05) is 0 Å². The molecule has 2 aromatic rings. The minimum absolute atomic E-state index is 0.0133. The number of aromatic nitrogens is 1. The first-order valence-corrected chi connectivity index (χ1v) is 8.93. The van der Waals surface area contributed by atoms with Gasteiger partial charge in [-0.25, -0.2) is 4.98 Å². The van der Waals surface area contributed by atoms with Gasteiger partial charge in [0.15, 0.2) is 0 Å². The molecule has 5 nitrogen and oxygen atoms in total. The number of aliphatic hydroxyl groups is 1. The van der Waals surface area contributed by atoms with Crippen molar-refractivity contribution in [3.63, 3.8) is 0 Å². The molecule has 0 atom stereocenters. The van der Waals surface area contributed by atoms with Gasteiger partial charge in [0.25, 0.3) is 0 Å². The molecule has 1 fully saturated rings. The zero-order valence-corrected chi connectivity index (χ0v) is 15.4. The summed E-state index contributed by atoms with van der Waals surface area (Å²) in [7, 11) is 0. The Labute approximate surface area is 160 Å². The van der Waals surface area contributed by atoms with E-state index in [9.17, 15) is 23.1 Å². The molecule has 0 unspecified atom stereocenters. The van der Waals surface area contributed by atoms with Gasteiger partial charge in [0, 0.05) is 24.2 Å². The number of alkyl halides is 3. The van der Waals surface area contributed by atoms with Crippen molar-refractivity contribution < 1.29 is 27.8 Å². The van der Waals surface area contributed by atoms with Gasteiger partial charge in [-0.2, -0.15) is 13.2 Å². The Hall–Kier alpha value is -2.45. The van der Waals surface area contributed by atoms with Crippen LogP contribution in [0.4, 0.5) is 13.2 Å². The van der Waals surface area contributed by atoms with Crippen LogP contribution < -0.4 is 0 Å². The van der Waals surface area contributed by atoms with Crippen molar-refractivity contribution in [1.29, 1.82) is 0 Å².